The first-order chi connectivity index (χ1) is 9.65. The summed E-state index contributed by atoms with van der Waals surface area (Å²) in [5.41, 5.74) is 3.44. The molecule has 0 amide bonds. The van der Waals surface area contributed by atoms with Crippen LogP contribution in [0.15, 0.2) is 39.6 Å². The third-order valence-electron chi connectivity index (χ3n) is 3.81. The number of nitrogens with zero attached hydrogens (tertiary/aromatic N) is 1. The zero-order chi connectivity index (χ0) is 14.1. The van der Waals surface area contributed by atoms with Gasteiger partial charge in [0, 0.05) is 22.6 Å². The van der Waals surface area contributed by atoms with Gasteiger partial charge in [-0.3, -0.25) is 4.79 Å². The summed E-state index contributed by atoms with van der Waals surface area (Å²) < 4.78 is 1.19. The third-order valence-corrected chi connectivity index (χ3v) is 4.55. The van der Waals surface area contributed by atoms with Crippen LogP contribution in [-0.2, 0) is 6.42 Å². The monoisotopic (exact) mass is 333 g/mol. The highest BCUT2D eigenvalue weighted by molar-refractivity contribution is 9.10. The molecular weight excluding hydrogens is 318 g/mol. The fraction of sp³-hybridized carbons (Fsp3) is 0.333. The summed E-state index contributed by atoms with van der Waals surface area (Å²) in [6.45, 7) is 2.07. The predicted molar refractivity (Wildman–Crippen MR) is 81.6 cm³/mol. The maximum atomic E-state index is 11.0. The van der Waals surface area contributed by atoms with Crippen molar-refractivity contribution in [1.82, 2.24) is 15.5 Å². The minimum Gasteiger partial charge on any atom is -0.302 e. The van der Waals surface area contributed by atoms with Gasteiger partial charge in [-0.25, -0.2) is 5.10 Å². The molecule has 2 N–H and O–H groups in total. The van der Waals surface area contributed by atoms with Crippen molar-refractivity contribution in [2.45, 2.75) is 31.8 Å². The normalized spacial score (nSPS) is 18.8. The number of benzene rings is 1. The molecule has 5 heteroatoms. The highest BCUT2D eigenvalue weighted by Gasteiger charge is 2.25. The number of rotatable bonds is 3. The molecule has 0 fully saturated rings. The van der Waals surface area contributed by atoms with Gasteiger partial charge in [0.2, 0.25) is 0 Å². The SMILES string of the molecule is CC(NC1CCc2c(Br)cccc21)c1ccc(=O)[nH]n1. The van der Waals surface area contributed by atoms with E-state index in [9.17, 15) is 4.79 Å². The van der Waals surface area contributed by atoms with Crippen molar-refractivity contribution in [2.24, 2.45) is 0 Å². The molecule has 3 rings (SSSR count). The molecule has 0 saturated carbocycles. The van der Waals surface area contributed by atoms with Crippen molar-refractivity contribution in [1.29, 1.82) is 0 Å². The Morgan fingerprint density at radius 1 is 1.40 bits per heavy atom. The van der Waals surface area contributed by atoms with Crippen LogP contribution < -0.4 is 10.9 Å². The molecule has 0 aliphatic heterocycles. The van der Waals surface area contributed by atoms with E-state index >= 15 is 0 Å². The molecule has 2 unspecified atom stereocenters. The van der Waals surface area contributed by atoms with E-state index < -0.39 is 0 Å². The quantitative estimate of drug-likeness (QED) is 0.907. The van der Waals surface area contributed by atoms with Crippen LogP contribution in [0.3, 0.4) is 0 Å². The summed E-state index contributed by atoms with van der Waals surface area (Å²) >= 11 is 3.61. The largest absolute Gasteiger partial charge is 0.302 e. The van der Waals surface area contributed by atoms with Gasteiger partial charge in [0.1, 0.15) is 0 Å². The fourth-order valence-electron chi connectivity index (χ4n) is 2.77. The minimum atomic E-state index is -0.170. The van der Waals surface area contributed by atoms with Gasteiger partial charge in [-0.15, -0.1) is 0 Å². The first kappa shape index (κ1) is 13.5. The zero-order valence-electron chi connectivity index (χ0n) is 11.2. The summed E-state index contributed by atoms with van der Waals surface area (Å²) in [6, 6.07) is 10.1. The number of nitrogens with one attached hydrogen (secondary N) is 2. The minimum absolute atomic E-state index is 0.0989. The molecule has 1 aromatic carbocycles. The lowest BCUT2D eigenvalue weighted by Gasteiger charge is -2.19. The van der Waals surface area contributed by atoms with E-state index in [1.54, 1.807) is 6.07 Å². The second kappa shape index (κ2) is 5.50. The zero-order valence-corrected chi connectivity index (χ0v) is 12.8. The standard InChI is InChI=1S/C15H16BrN3O/c1-9(13-7-8-15(20)19-18-13)17-14-6-5-10-11(14)3-2-4-12(10)16/h2-4,7-9,14,17H,5-6H2,1H3,(H,19,20). The molecule has 4 nitrogen and oxygen atoms in total. The van der Waals surface area contributed by atoms with Crippen molar-refractivity contribution in [3.05, 3.63) is 62.0 Å². The van der Waals surface area contributed by atoms with E-state index in [2.05, 4.69) is 56.6 Å². The molecule has 0 spiro atoms. The van der Waals surface area contributed by atoms with E-state index in [1.807, 2.05) is 0 Å². The molecule has 0 saturated heterocycles. The summed E-state index contributed by atoms with van der Waals surface area (Å²) in [5, 5.41) is 10.2. The maximum absolute atomic E-state index is 11.0. The molecule has 2 atom stereocenters. The lowest BCUT2D eigenvalue weighted by atomic mass is 10.1. The van der Waals surface area contributed by atoms with E-state index in [0.717, 1.165) is 18.5 Å². The first-order valence-electron chi connectivity index (χ1n) is 6.74. The van der Waals surface area contributed by atoms with Crippen LogP contribution in [-0.4, -0.2) is 10.2 Å². The Labute approximate surface area is 125 Å². The van der Waals surface area contributed by atoms with Crippen LogP contribution in [0.5, 0.6) is 0 Å². The van der Waals surface area contributed by atoms with Crippen molar-refractivity contribution in [3.8, 4) is 0 Å². The Hall–Kier alpha value is -1.46. The Bertz CT molecular complexity index is 663. The molecule has 2 aromatic rings. The maximum Gasteiger partial charge on any atom is 0.264 e. The van der Waals surface area contributed by atoms with Gasteiger partial charge in [-0.2, -0.15) is 5.10 Å². The Morgan fingerprint density at radius 2 is 2.25 bits per heavy atom. The van der Waals surface area contributed by atoms with Gasteiger partial charge >= 0.3 is 0 Å². The summed E-state index contributed by atoms with van der Waals surface area (Å²) in [6.07, 6.45) is 2.17. The molecule has 104 valence electrons. The number of H-pyrrole nitrogens is 1. The average molecular weight is 334 g/mol. The van der Waals surface area contributed by atoms with Crippen LogP contribution in [0.2, 0.25) is 0 Å². The number of hydrogen-bond donors (Lipinski definition) is 2. The summed E-state index contributed by atoms with van der Waals surface area (Å²) in [4.78, 5) is 11.0. The van der Waals surface area contributed by atoms with Crippen LogP contribution in [0.25, 0.3) is 0 Å². The number of aromatic nitrogens is 2. The lowest BCUT2D eigenvalue weighted by molar-refractivity contribution is 0.455. The van der Waals surface area contributed by atoms with Gasteiger partial charge in [0.25, 0.3) is 5.56 Å². The molecule has 1 heterocycles. The van der Waals surface area contributed by atoms with Crippen molar-refractivity contribution < 1.29 is 0 Å². The molecule has 0 radical (unpaired) electrons. The lowest BCUT2D eigenvalue weighted by Crippen LogP contribution is -2.24. The highest BCUT2D eigenvalue weighted by atomic mass is 79.9. The van der Waals surface area contributed by atoms with Crippen LogP contribution >= 0.6 is 15.9 Å². The average Bonchev–Trinajstić information content (AvgIpc) is 2.84. The molecular formula is C15H16BrN3O. The second-order valence-corrected chi connectivity index (χ2v) is 5.99. The van der Waals surface area contributed by atoms with Crippen LogP contribution in [0.4, 0.5) is 0 Å². The molecule has 0 bridgehead atoms. The predicted octanol–water partition coefficient (Wildman–Crippen LogP) is 2.87. The molecule has 1 aromatic heterocycles. The second-order valence-electron chi connectivity index (χ2n) is 5.13. The van der Waals surface area contributed by atoms with Crippen molar-refractivity contribution >= 4 is 15.9 Å². The van der Waals surface area contributed by atoms with Gasteiger partial charge in [0.15, 0.2) is 0 Å². The topological polar surface area (TPSA) is 57.8 Å². The number of hydrogen-bond acceptors (Lipinski definition) is 3. The summed E-state index contributed by atoms with van der Waals surface area (Å²) in [5.74, 6) is 0. The van der Waals surface area contributed by atoms with Gasteiger partial charge in [-0.1, -0.05) is 28.1 Å². The Balaban J connectivity index is 1.78. The molecule has 20 heavy (non-hydrogen) atoms. The smallest absolute Gasteiger partial charge is 0.264 e. The van der Waals surface area contributed by atoms with Crippen LogP contribution in [0, 0.1) is 0 Å². The summed E-state index contributed by atoms with van der Waals surface area (Å²) in [7, 11) is 0. The van der Waals surface area contributed by atoms with Gasteiger partial charge in [0.05, 0.1) is 5.69 Å². The van der Waals surface area contributed by atoms with E-state index in [-0.39, 0.29) is 11.6 Å². The number of halogens is 1. The Kier molecular flexibility index (Phi) is 3.72. The number of fused-ring (bicyclic) bond motifs is 1. The fourth-order valence-corrected chi connectivity index (χ4v) is 3.35. The van der Waals surface area contributed by atoms with Gasteiger partial charge < -0.3 is 5.32 Å². The highest BCUT2D eigenvalue weighted by Crippen LogP contribution is 2.36. The third kappa shape index (κ3) is 2.55. The van der Waals surface area contributed by atoms with Crippen molar-refractivity contribution in [3.63, 3.8) is 0 Å². The molecule has 1 aliphatic carbocycles. The number of aromatic amines is 1. The van der Waals surface area contributed by atoms with E-state index in [1.165, 1.54) is 21.7 Å². The van der Waals surface area contributed by atoms with E-state index in [4.69, 9.17) is 0 Å². The van der Waals surface area contributed by atoms with Crippen LogP contribution in [0.1, 0.15) is 42.2 Å². The van der Waals surface area contributed by atoms with E-state index in [0.29, 0.717) is 6.04 Å². The Morgan fingerprint density at radius 3 is 3.00 bits per heavy atom. The van der Waals surface area contributed by atoms with Crippen molar-refractivity contribution in [2.75, 3.05) is 0 Å². The molecule has 1 aliphatic rings. The first-order valence-corrected chi connectivity index (χ1v) is 7.53. The van der Waals surface area contributed by atoms with Gasteiger partial charge in [-0.05, 0) is 43.0 Å².